The van der Waals surface area contributed by atoms with Crippen LogP contribution in [0.25, 0.3) is 0 Å². The van der Waals surface area contributed by atoms with Gasteiger partial charge in [0.25, 0.3) is 0 Å². The molecule has 1 aromatic rings. The van der Waals surface area contributed by atoms with E-state index in [0.717, 1.165) is 31.8 Å². The van der Waals surface area contributed by atoms with Gasteiger partial charge in [-0.15, -0.1) is 0 Å². The Bertz CT molecular complexity index is 370. The number of piperazine rings is 1. The molecule has 0 saturated carbocycles. The van der Waals surface area contributed by atoms with Crippen LogP contribution in [-0.4, -0.2) is 30.7 Å². The summed E-state index contributed by atoms with van der Waals surface area (Å²) in [5, 5.41) is 3.25. The summed E-state index contributed by atoms with van der Waals surface area (Å²) >= 11 is 0. The predicted octanol–water partition coefficient (Wildman–Crippen LogP) is 1.55. The largest absolute Gasteiger partial charge is 0.349 e. The zero-order chi connectivity index (χ0) is 11.5. The van der Waals surface area contributed by atoms with Crippen LogP contribution < -0.4 is 10.2 Å². The Kier molecular flexibility index (Phi) is 3.33. The third kappa shape index (κ3) is 2.14. The van der Waals surface area contributed by atoms with Gasteiger partial charge in [0.2, 0.25) is 0 Å². The van der Waals surface area contributed by atoms with Gasteiger partial charge in [-0.3, -0.25) is 0 Å². The average Bonchev–Trinajstić information content (AvgIpc) is 2.29. The molecule has 16 heavy (non-hydrogen) atoms. The highest BCUT2D eigenvalue weighted by Crippen LogP contribution is 2.21. The van der Waals surface area contributed by atoms with Crippen molar-refractivity contribution in [2.24, 2.45) is 0 Å². The molecular formula is C11H15F2N3. The van der Waals surface area contributed by atoms with Crippen molar-refractivity contribution < 1.29 is 8.78 Å². The van der Waals surface area contributed by atoms with Gasteiger partial charge in [-0.25, -0.2) is 13.8 Å². The van der Waals surface area contributed by atoms with Crippen molar-refractivity contribution in [3.05, 3.63) is 23.9 Å². The highest BCUT2D eigenvalue weighted by atomic mass is 19.1. The number of aromatic nitrogens is 1. The molecule has 5 heteroatoms. The summed E-state index contributed by atoms with van der Waals surface area (Å²) in [5.74, 6) is -0.959. The van der Waals surface area contributed by atoms with E-state index in [0.29, 0.717) is 6.54 Å². The van der Waals surface area contributed by atoms with E-state index in [2.05, 4.69) is 10.3 Å². The van der Waals surface area contributed by atoms with E-state index in [1.54, 1.807) is 0 Å². The van der Waals surface area contributed by atoms with Crippen LogP contribution in [0.2, 0.25) is 0 Å². The van der Waals surface area contributed by atoms with Gasteiger partial charge in [0.1, 0.15) is 5.82 Å². The Morgan fingerprint density at radius 1 is 1.56 bits per heavy atom. The van der Waals surface area contributed by atoms with Crippen molar-refractivity contribution >= 4 is 5.82 Å². The molecule has 1 aromatic heterocycles. The highest BCUT2D eigenvalue weighted by molar-refractivity contribution is 5.42. The molecule has 2 heterocycles. The lowest BCUT2D eigenvalue weighted by Crippen LogP contribution is -2.51. The van der Waals surface area contributed by atoms with E-state index in [9.17, 15) is 8.78 Å². The zero-order valence-corrected chi connectivity index (χ0v) is 9.21. The first kappa shape index (κ1) is 11.3. The van der Waals surface area contributed by atoms with Crippen LogP contribution in [-0.2, 0) is 0 Å². The quantitative estimate of drug-likeness (QED) is 0.830. The van der Waals surface area contributed by atoms with Gasteiger partial charge >= 0.3 is 0 Å². The van der Waals surface area contributed by atoms with E-state index < -0.39 is 11.6 Å². The summed E-state index contributed by atoms with van der Waals surface area (Å²) in [6.07, 6.45) is 1.97. The normalized spacial score (nSPS) is 21.2. The summed E-state index contributed by atoms with van der Waals surface area (Å²) in [6, 6.07) is 1.11. The smallest absolute Gasteiger partial charge is 0.168 e. The molecular weight excluding hydrogens is 212 g/mol. The third-order valence-electron chi connectivity index (χ3n) is 2.88. The first-order chi connectivity index (χ1) is 7.72. The Balaban J connectivity index is 2.27. The number of rotatable bonds is 2. The summed E-state index contributed by atoms with van der Waals surface area (Å²) in [5.41, 5.74) is 0. The van der Waals surface area contributed by atoms with Gasteiger partial charge in [-0.2, -0.15) is 0 Å². The van der Waals surface area contributed by atoms with Crippen LogP contribution in [0.15, 0.2) is 12.3 Å². The molecule has 1 aliphatic heterocycles. The fraction of sp³-hybridized carbons (Fsp3) is 0.545. The number of halogens is 2. The van der Waals surface area contributed by atoms with Gasteiger partial charge in [0, 0.05) is 31.7 Å². The average molecular weight is 227 g/mol. The van der Waals surface area contributed by atoms with Crippen molar-refractivity contribution in [1.29, 1.82) is 0 Å². The number of nitrogens with one attached hydrogen (secondary N) is 1. The molecule has 0 spiro atoms. The van der Waals surface area contributed by atoms with Crippen LogP contribution in [0.1, 0.15) is 13.3 Å². The molecule has 1 unspecified atom stereocenters. The monoisotopic (exact) mass is 227 g/mol. The minimum Gasteiger partial charge on any atom is -0.349 e. The summed E-state index contributed by atoms with van der Waals surface area (Å²) in [7, 11) is 0. The zero-order valence-electron chi connectivity index (χ0n) is 9.21. The molecule has 0 amide bonds. The third-order valence-corrected chi connectivity index (χ3v) is 2.88. The Morgan fingerprint density at radius 3 is 3.06 bits per heavy atom. The fourth-order valence-corrected chi connectivity index (χ4v) is 2.02. The maximum absolute atomic E-state index is 13.6. The Hall–Kier alpha value is -1.23. The first-order valence-corrected chi connectivity index (χ1v) is 5.50. The second-order valence-electron chi connectivity index (χ2n) is 3.92. The topological polar surface area (TPSA) is 28.2 Å². The summed E-state index contributed by atoms with van der Waals surface area (Å²) in [6.45, 7) is 4.37. The lowest BCUT2D eigenvalue weighted by molar-refractivity contribution is 0.452. The van der Waals surface area contributed by atoms with Crippen molar-refractivity contribution in [1.82, 2.24) is 10.3 Å². The lowest BCUT2D eigenvalue weighted by atomic mass is 10.1. The van der Waals surface area contributed by atoms with E-state index in [1.807, 2.05) is 11.8 Å². The molecule has 1 N–H and O–H groups in total. The van der Waals surface area contributed by atoms with Crippen LogP contribution in [0.5, 0.6) is 0 Å². The van der Waals surface area contributed by atoms with Crippen molar-refractivity contribution in [3.8, 4) is 0 Å². The first-order valence-electron chi connectivity index (χ1n) is 5.50. The molecule has 1 aliphatic rings. The van der Waals surface area contributed by atoms with Gasteiger partial charge < -0.3 is 10.2 Å². The van der Waals surface area contributed by atoms with E-state index in [-0.39, 0.29) is 11.9 Å². The molecule has 0 aromatic carbocycles. The molecule has 1 atom stereocenters. The maximum Gasteiger partial charge on any atom is 0.168 e. The number of nitrogens with zero attached hydrogens (tertiary/aromatic N) is 2. The van der Waals surface area contributed by atoms with Gasteiger partial charge in [0.15, 0.2) is 11.6 Å². The highest BCUT2D eigenvalue weighted by Gasteiger charge is 2.24. The molecule has 0 radical (unpaired) electrons. The second kappa shape index (κ2) is 4.74. The number of hydrogen-bond acceptors (Lipinski definition) is 3. The summed E-state index contributed by atoms with van der Waals surface area (Å²) < 4.78 is 26.3. The van der Waals surface area contributed by atoms with Crippen LogP contribution in [0.4, 0.5) is 14.6 Å². The lowest BCUT2D eigenvalue weighted by Gasteiger charge is -2.36. The van der Waals surface area contributed by atoms with Crippen LogP contribution in [0.3, 0.4) is 0 Å². The minimum atomic E-state index is -0.635. The predicted molar refractivity (Wildman–Crippen MR) is 58.4 cm³/mol. The molecule has 1 fully saturated rings. The van der Waals surface area contributed by atoms with Crippen LogP contribution in [0, 0.1) is 11.6 Å². The van der Waals surface area contributed by atoms with Crippen LogP contribution >= 0.6 is 0 Å². The maximum atomic E-state index is 13.6. The van der Waals surface area contributed by atoms with E-state index in [4.69, 9.17) is 0 Å². The van der Waals surface area contributed by atoms with Gasteiger partial charge in [0.05, 0.1) is 6.20 Å². The van der Waals surface area contributed by atoms with Gasteiger partial charge in [-0.1, -0.05) is 6.92 Å². The minimum absolute atomic E-state index is 0.223. The SMILES string of the molecule is CCC1CNCCN1c1ncc(F)cc1F. The number of anilines is 1. The Morgan fingerprint density at radius 2 is 2.38 bits per heavy atom. The van der Waals surface area contributed by atoms with E-state index >= 15 is 0 Å². The standard InChI is InChI=1S/C11H15F2N3/c1-2-9-7-14-3-4-16(9)11-10(13)5-8(12)6-15-11/h5-6,9,14H,2-4,7H2,1H3. The van der Waals surface area contributed by atoms with Crippen molar-refractivity contribution in [2.45, 2.75) is 19.4 Å². The molecule has 88 valence electrons. The van der Waals surface area contributed by atoms with Gasteiger partial charge in [-0.05, 0) is 6.42 Å². The molecule has 2 rings (SSSR count). The molecule has 3 nitrogen and oxygen atoms in total. The van der Waals surface area contributed by atoms with Crippen molar-refractivity contribution in [3.63, 3.8) is 0 Å². The molecule has 1 saturated heterocycles. The van der Waals surface area contributed by atoms with Crippen molar-refractivity contribution in [2.75, 3.05) is 24.5 Å². The number of pyridine rings is 1. The summed E-state index contributed by atoms with van der Waals surface area (Å²) in [4.78, 5) is 5.76. The second-order valence-corrected chi connectivity index (χ2v) is 3.92. The Labute approximate surface area is 93.5 Å². The number of hydrogen-bond donors (Lipinski definition) is 1. The molecule has 0 aliphatic carbocycles. The van der Waals surface area contributed by atoms with E-state index in [1.165, 1.54) is 0 Å². The fourth-order valence-electron chi connectivity index (χ4n) is 2.02. The molecule has 0 bridgehead atoms.